The molecule has 0 amide bonds. The molecule has 0 aliphatic heterocycles. The Balaban J connectivity index is 1.87. The Kier molecular flexibility index (Phi) is 5.90. The molecule has 0 atom stereocenters. The predicted octanol–water partition coefficient (Wildman–Crippen LogP) is 4.97. The largest absolute Gasteiger partial charge is 0.497 e. The van der Waals surface area contributed by atoms with E-state index in [9.17, 15) is 13.6 Å². The quantitative estimate of drug-likeness (QED) is 0.313. The molecule has 0 aliphatic carbocycles. The van der Waals surface area contributed by atoms with Gasteiger partial charge >= 0.3 is 0 Å². The molecule has 1 aromatic heterocycles. The maximum atomic E-state index is 13.6. The number of rotatable bonds is 6. The van der Waals surface area contributed by atoms with Gasteiger partial charge in [0.15, 0.2) is 5.16 Å². The van der Waals surface area contributed by atoms with Gasteiger partial charge in [-0.2, -0.15) is 0 Å². The van der Waals surface area contributed by atoms with Gasteiger partial charge in [0.1, 0.15) is 23.1 Å². The zero-order valence-electron chi connectivity index (χ0n) is 16.8. The van der Waals surface area contributed by atoms with Gasteiger partial charge in [-0.05, 0) is 42.0 Å². The second kappa shape index (κ2) is 8.77. The third kappa shape index (κ3) is 4.25. The number of hydrogen-bond acceptors (Lipinski definition) is 5. The van der Waals surface area contributed by atoms with E-state index in [2.05, 4.69) is 4.98 Å². The number of halogens is 2. The molecule has 3 aromatic carbocycles. The van der Waals surface area contributed by atoms with Crippen LogP contribution in [0, 0.1) is 11.6 Å². The number of para-hydroxylation sites is 1. The van der Waals surface area contributed by atoms with Crippen LogP contribution >= 0.6 is 11.8 Å². The molecule has 1 heterocycles. The molecule has 0 saturated heterocycles. The number of hydrogen-bond donors (Lipinski definition) is 0. The van der Waals surface area contributed by atoms with Crippen molar-refractivity contribution < 1.29 is 18.3 Å². The molecule has 0 spiro atoms. The summed E-state index contributed by atoms with van der Waals surface area (Å²) in [6.45, 7) is 0. The Labute approximate surface area is 181 Å². The van der Waals surface area contributed by atoms with Crippen LogP contribution in [0.25, 0.3) is 16.6 Å². The van der Waals surface area contributed by atoms with Crippen molar-refractivity contribution in [3.63, 3.8) is 0 Å². The first-order valence-corrected chi connectivity index (χ1v) is 10.3. The summed E-state index contributed by atoms with van der Waals surface area (Å²) in [6, 6.07) is 15.4. The fourth-order valence-electron chi connectivity index (χ4n) is 3.23. The number of nitrogens with zero attached hydrogens (tertiary/aromatic N) is 2. The predicted molar refractivity (Wildman–Crippen MR) is 116 cm³/mol. The SMILES string of the molecule is COc1ccc(-n2c(SCc3cc(F)cc(F)c3)nc3ccccc3c2=O)c(OC)c1. The van der Waals surface area contributed by atoms with Crippen molar-refractivity contribution in [2.24, 2.45) is 0 Å². The van der Waals surface area contributed by atoms with Crippen molar-refractivity contribution in [2.75, 3.05) is 14.2 Å². The van der Waals surface area contributed by atoms with E-state index in [0.717, 1.165) is 6.07 Å². The number of benzene rings is 3. The third-order valence-corrected chi connectivity index (χ3v) is 5.67. The third-order valence-electron chi connectivity index (χ3n) is 4.66. The van der Waals surface area contributed by atoms with Crippen LogP contribution in [-0.4, -0.2) is 23.8 Å². The van der Waals surface area contributed by atoms with Crippen LogP contribution < -0.4 is 15.0 Å². The first kappa shape index (κ1) is 20.9. The molecular formula is C23H18F2N2O3S. The molecule has 0 bridgehead atoms. The lowest BCUT2D eigenvalue weighted by molar-refractivity contribution is 0.392. The molecule has 0 N–H and O–H groups in total. The lowest BCUT2D eigenvalue weighted by atomic mass is 10.2. The normalized spacial score (nSPS) is 11.0. The van der Waals surface area contributed by atoms with Gasteiger partial charge in [0.2, 0.25) is 0 Å². The maximum Gasteiger partial charge on any atom is 0.266 e. The van der Waals surface area contributed by atoms with Crippen molar-refractivity contribution in [3.05, 3.63) is 88.2 Å². The molecule has 158 valence electrons. The van der Waals surface area contributed by atoms with E-state index in [1.807, 2.05) is 0 Å². The fourth-order valence-corrected chi connectivity index (χ4v) is 4.17. The van der Waals surface area contributed by atoms with Crippen molar-refractivity contribution >= 4 is 22.7 Å². The highest BCUT2D eigenvalue weighted by Gasteiger charge is 2.17. The highest BCUT2D eigenvalue weighted by Crippen LogP contribution is 2.31. The Hall–Kier alpha value is -3.39. The second-order valence-electron chi connectivity index (χ2n) is 6.66. The Morgan fingerprint density at radius 2 is 1.71 bits per heavy atom. The van der Waals surface area contributed by atoms with E-state index in [4.69, 9.17) is 9.47 Å². The fraction of sp³-hybridized carbons (Fsp3) is 0.130. The zero-order chi connectivity index (χ0) is 22.0. The highest BCUT2D eigenvalue weighted by molar-refractivity contribution is 7.98. The lowest BCUT2D eigenvalue weighted by Crippen LogP contribution is -2.22. The average Bonchev–Trinajstić information content (AvgIpc) is 2.77. The van der Waals surface area contributed by atoms with Gasteiger partial charge in [-0.25, -0.2) is 13.8 Å². The van der Waals surface area contributed by atoms with Crippen molar-refractivity contribution in [1.29, 1.82) is 0 Å². The number of methoxy groups -OCH3 is 2. The van der Waals surface area contributed by atoms with Crippen molar-refractivity contribution in [2.45, 2.75) is 10.9 Å². The van der Waals surface area contributed by atoms with Gasteiger partial charge in [0, 0.05) is 17.9 Å². The Bertz CT molecular complexity index is 1300. The Morgan fingerprint density at radius 3 is 2.42 bits per heavy atom. The Morgan fingerprint density at radius 1 is 0.968 bits per heavy atom. The smallest absolute Gasteiger partial charge is 0.266 e. The van der Waals surface area contributed by atoms with Crippen LogP contribution in [0.4, 0.5) is 8.78 Å². The van der Waals surface area contributed by atoms with E-state index in [-0.39, 0.29) is 11.3 Å². The van der Waals surface area contributed by atoms with E-state index in [1.165, 1.54) is 42.7 Å². The molecule has 31 heavy (non-hydrogen) atoms. The summed E-state index contributed by atoms with van der Waals surface area (Å²) in [5, 5.41) is 0.818. The van der Waals surface area contributed by atoms with E-state index in [1.54, 1.807) is 42.5 Å². The summed E-state index contributed by atoms with van der Waals surface area (Å²) < 4.78 is 39.4. The summed E-state index contributed by atoms with van der Waals surface area (Å²) in [5.41, 5.74) is 1.18. The van der Waals surface area contributed by atoms with E-state index >= 15 is 0 Å². The van der Waals surface area contributed by atoms with Crippen LogP contribution in [0.2, 0.25) is 0 Å². The van der Waals surface area contributed by atoms with Crippen LogP contribution in [-0.2, 0) is 5.75 Å². The summed E-state index contributed by atoms with van der Waals surface area (Å²) in [5.74, 6) is -0.0885. The molecular weight excluding hydrogens is 422 g/mol. The molecule has 4 rings (SSSR count). The van der Waals surface area contributed by atoms with Crippen molar-refractivity contribution in [3.8, 4) is 17.2 Å². The monoisotopic (exact) mass is 440 g/mol. The van der Waals surface area contributed by atoms with Gasteiger partial charge in [-0.1, -0.05) is 23.9 Å². The minimum absolute atomic E-state index is 0.220. The number of aromatic nitrogens is 2. The highest BCUT2D eigenvalue weighted by atomic mass is 32.2. The number of thioether (sulfide) groups is 1. The number of fused-ring (bicyclic) bond motifs is 1. The van der Waals surface area contributed by atoms with Crippen molar-refractivity contribution in [1.82, 2.24) is 9.55 Å². The minimum atomic E-state index is -0.656. The summed E-state index contributed by atoms with van der Waals surface area (Å²) in [7, 11) is 3.04. The molecule has 5 nitrogen and oxygen atoms in total. The zero-order valence-corrected chi connectivity index (χ0v) is 17.6. The van der Waals surface area contributed by atoms with E-state index < -0.39 is 11.6 Å². The van der Waals surface area contributed by atoms with Crippen LogP contribution in [0.15, 0.2) is 70.6 Å². The average molecular weight is 440 g/mol. The van der Waals surface area contributed by atoms with Gasteiger partial charge in [0.05, 0.1) is 30.8 Å². The van der Waals surface area contributed by atoms with Gasteiger partial charge in [-0.3, -0.25) is 9.36 Å². The van der Waals surface area contributed by atoms with Gasteiger partial charge < -0.3 is 9.47 Å². The van der Waals surface area contributed by atoms with Crippen LogP contribution in [0.1, 0.15) is 5.56 Å². The lowest BCUT2D eigenvalue weighted by Gasteiger charge is -2.16. The molecule has 0 saturated carbocycles. The molecule has 8 heteroatoms. The van der Waals surface area contributed by atoms with Crippen LogP contribution in [0.3, 0.4) is 0 Å². The molecule has 0 unspecified atom stereocenters. The summed E-state index contributed by atoms with van der Waals surface area (Å²) in [4.78, 5) is 18.0. The topological polar surface area (TPSA) is 53.4 Å². The standard InChI is InChI=1S/C23H18F2N2O3S/c1-29-17-7-8-20(21(12-17)30-2)27-22(28)18-5-3-4-6-19(18)26-23(27)31-13-14-9-15(24)11-16(25)10-14/h3-12H,13H2,1-2H3. The van der Waals surface area contributed by atoms with Crippen LogP contribution in [0.5, 0.6) is 11.5 Å². The van der Waals surface area contributed by atoms with Gasteiger partial charge in [0.25, 0.3) is 5.56 Å². The molecule has 0 fully saturated rings. The molecule has 0 aliphatic rings. The first-order chi connectivity index (χ1) is 15.0. The first-order valence-electron chi connectivity index (χ1n) is 9.32. The maximum absolute atomic E-state index is 13.6. The summed E-state index contributed by atoms with van der Waals surface area (Å²) >= 11 is 1.20. The molecule has 0 radical (unpaired) electrons. The van der Waals surface area contributed by atoms with E-state index in [0.29, 0.717) is 38.8 Å². The van der Waals surface area contributed by atoms with Gasteiger partial charge in [-0.15, -0.1) is 0 Å². The molecule has 4 aromatic rings. The second-order valence-corrected chi connectivity index (χ2v) is 7.60. The summed E-state index contributed by atoms with van der Waals surface area (Å²) in [6.07, 6.45) is 0. The number of ether oxygens (including phenoxy) is 2. The minimum Gasteiger partial charge on any atom is -0.497 e.